The summed E-state index contributed by atoms with van der Waals surface area (Å²) in [6.45, 7) is 2.71. The van der Waals surface area contributed by atoms with Gasteiger partial charge in [-0.3, -0.25) is 4.79 Å². The summed E-state index contributed by atoms with van der Waals surface area (Å²) in [6, 6.07) is 9.14. The third-order valence-corrected chi connectivity index (χ3v) is 3.90. The number of aromatic nitrogens is 1. The van der Waals surface area contributed by atoms with Crippen molar-refractivity contribution < 1.29 is 4.79 Å². The third kappa shape index (κ3) is 3.17. The van der Waals surface area contributed by atoms with Crippen molar-refractivity contribution in [2.45, 2.75) is 12.2 Å². The summed E-state index contributed by atoms with van der Waals surface area (Å²) >= 11 is 1.72. The summed E-state index contributed by atoms with van der Waals surface area (Å²) in [5.41, 5.74) is 7.07. The van der Waals surface area contributed by atoms with Crippen LogP contribution in [0, 0.1) is 0 Å². The zero-order valence-corrected chi connectivity index (χ0v) is 11.8. The molecule has 2 rings (SSSR count). The van der Waals surface area contributed by atoms with Crippen LogP contribution in [0.15, 0.2) is 30.3 Å². The summed E-state index contributed by atoms with van der Waals surface area (Å²) in [5, 5.41) is 4.13. The van der Waals surface area contributed by atoms with E-state index in [2.05, 4.69) is 17.2 Å². The number of nitrogens with zero attached hydrogens (tertiary/aromatic N) is 1. The van der Waals surface area contributed by atoms with E-state index in [4.69, 9.17) is 5.73 Å². The first kappa shape index (κ1) is 13.7. The van der Waals surface area contributed by atoms with Crippen LogP contribution in [0.3, 0.4) is 0 Å². The van der Waals surface area contributed by atoms with Gasteiger partial charge in [-0.1, -0.05) is 25.1 Å². The number of thioether (sulfide) groups is 1. The fourth-order valence-corrected chi connectivity index (χ4v) is 2.05. The highest BCUT2D eigenvalue weighted by Gasteiger charge is 2.12. The van der Waals surface area contributed by atoms with E-state index >= 15 is 0 Å². The fourth-order valence-electron chi connectivity index (χ4n) is 1.80. The van der Waals surface area contributed by atoms with Crippen LogP contribution in [0.4, 0.5) is 5.82 Å². The predicted molar refractivity (Wildman–Crippen MR) is 81.5 cm³/mol. The summed E-state index contributed by atoms with van der Waals surface area (Å²) in [5.74, 6) is 0.257. The average Bonchev–Trinajstić information content (AvgIpc) is 2.43. The van der Waals surface area contributed by atoms with Crippen molar-refractivity contribution in [3.8, 4) is 0 Å². The first-order valence-corrected chi connectivity index (χ1v) is 7.37. The number of carbonyl (C=O) groups is 1. The number of rotatable bonds is 4. The van der Waals surface area contributed by atoms with Crippen LogP contribution in [-0.2, 0) is 0 Å². The molecule has 0 aliphatic carbocycles. The van der Waals surface area contributed by atoms with Crippen molar-refractivity contribution in [1.29, 1.82) is 0 Å². The lowest BCUT2D eigenvalue weighted by Gasteiger charge is -2.11. The van der Waals surface area contributed by atoms with E-state index < -0.39 is 0 Å². The van der Waals surface area contributed by atoms with Crippen LogP contribution in [0.5, 0.6) is 0 Å². The zero-order chi connectivity index (χ0) is 13.8. The lowest BCUT2D eigenvalue weighted by Crippen LogP contribution is -2.29. The molecule has 1 aromatic heterocycles. The number of amides is 1. The number of anilines is 1. The molecule has 19 heavy (non-hydrogen) atoms. The van der Waals surface area contributed by atoms with Gasteiger partial charge in [-0.2, -0.15) is 11.8 Å². The van der Waals surface area contributed by atoms with Gasteiger partial charge in [0.25, 0.3) is 5.91 Å². The quantitative estimate of drug-likeness (QED) is 0.898. The molecule has 1 aromatic carbocycles. The maximum Gasteiger partial charge on any atom is 0.252 e. The molecule has 0 aliphatic rings. The predicted octanol–water partition coefficient (Wildman–Crippen LogP) is 2.30. The lowest BCUT2D eigenvalue weighted by atomic mass is 10.1. The van der Waals surface area contributed by atoms with Gasteiger partial charge in [-0.05, 0) is 18.4 Å². The van der Waals surface area contributed by atoms with Gasteiger partial charge in [0.05, 0.1) is 11.1 Å². The molecule has 0 bridgehead atoms. The van der Waals surface area contributed by atoms with Crippen LogP contribution in [0.1, 0.15) is 17.3 Å². The van der Waals surface area contributed by atoms with E-state index in [0.29, 0.717) is 23.2 Å². The monoisotopic (exact) mass is 275 g/mol. The van der Waals surface area contributed by atoms with E-state index in [1.165, 1.54) is 0 Å². The molecule has 2 aromatic rings. The minimum Gasteiger partial charge on any atom is -0.384 e. The highest BCUT2D eigenvalue weighted by Crippen LogP contribution is 2.19. The van der Waals surface area contributed by atoms with Gasteiger partial charge in [0.1, 0.15) is 5.82 Å². The van der Waals surface area contributed by atoms with E-state index in [-0.39, 0.29) is 5.91 Å². The number of pyridine rings is 1. The van der Waals surface area contributed by atoms with Crippen molar-refractivity contribution in [2.24, 2.45) is 0 Å². The summed E-state index contributed by atoms with van der Waals surface area (Å²) < 4.78 is 0. The summed E-state index contributed by atoms with van der Waals surface area (Å²) in [7, 11) is 0. The molecule has 0 saturated heterocycles. The smallest absolute Gasteiger partial charge is 0.252 e. The second-order valence-electron chi connectivity index (χ2n) is 4.37. The minimum atomic E-state index is -0.105. The highest BCUT2D eigenvalue weighted by atomic mass is 32.2. The molecule has 0 saturated carbocycles. The standard InChI is InChI=1S/C14H17N3OS/c1-9(19-2)8-16-14(18)11-7-13(15)17-12-6-4-3-5-10(11)12/h3-7,9H,8H2,1-2H3,(H2,15,17)(H,16,18). The molecule has 0 radical (unpaired) electrons. The molecule has 100 valence electrons. The van der Waals surface area contributed by atoms with E-state index in [1.807, 2.05) is 30.5 Å². The zero-order valence-electron chi connectivity index (χ0n) is 11.0. The van der Waals surface area contributed by atoms with Crippen LogP contribution in [-0.4, -0.2) is 28.9 Å². The molecule has 4 nitrogen and oxygen atoms in total. The number of carbonyl (C=O) groups excluding carboxylic acids is 1. The largest absolute Gasteiger partial charge is 0.384 e. The average molecular weight is 275 g/mol. The molecule has 0 aliphatic heterocycles. The molecule has 1 atom stereocenters. The fraction of sp³-hybridized carbons (Fsp3) is 0.286. The number of nitrogens with one attached hydrogen (secondary N) is 1. The minimum absolute atomic E-state index is 0.105. The van der Waals surface area contributed by atoms with E-state index in [1.54, 1.807) is 17.8 Å². The SMILES string of the molecule is CSC(C)CNC(=O)c1cc(N)nc2ccccc12. The van der Waals surface area contributed by atoms with Crippen LogP contribution >= 0.6 is 11.8 Å². The Kier molecular flexibility index (Phi) is 4.27. The van der Waals surface area contributed by atoms with Crippen molar-refractivity contribution in [1.82, 2.24) is 10.3 Å². The van der Waals surface area contributed by atoms with Gasteiger partial charge in [0.2, 0.25) is 0 Å². The van der Waals surface area contributed by atoms with Crippen molar-refractivity contribution >= 4 is 34.4 Å². The number of nitrogen functional groups attached to an aromatic ring is 1. The maximum atomic E-state index is 12.2. The number of fused-ring (bicyclic) bond motifs is 1. The maximum absolute atomic E-state index is 12.2. The normalized spacial score (nSPS) is 12.3. The van der Waals surface area contributed by atoms with Gasteiger partial charge in [0.15, 0.2) is 0 Å². The molecule has 1 unspecified atom stereocenters. The first-order chi connectivity index (χ1) is 9.11. The Morgan fingerprint density at radius 2 is 2.21 bits per heavy atom. The van der Waals surface area contributed by atoms with Gasteiger partial charge >= 0.3 is 0 Å². The number of nitrogens with two attached hydrogens (primary N) is 1. The third-order valence-electron chi connectivity index (χ3n) is 2.93. The Hall–Kier alpha value is -1.75. The molecular weight excluding hydrogens is 258 g/mol. The topological polar surface area (TPSA) is 68.0 Å². The Labute approximate surface area is 116 Å². The molecule has 5 heteroatoms. The number of hydrogen-bond donors (Lipinski definition) is 2. The Morgan fingerprint density at radius 3 is 2.95 bits per heavy atom. The van der Waals surface area contributed by atoms with Gasteiger partial charge in [-0.25, -0.2) is 4.98 Å². The molecular formula is C14H17N3OS. The first-order valence-electron chi connectivity index (χ1n) is 6.08. The summed E-state index contributed by atoms with van der Waals surface area (Å²) in [6.07, 6.45) is 2.02. The van der Waals surface area contributed by atoms with Crippen LogP contribution in [0.2, 0.25) is 0 Å². The Morgan fingerprint density at radius 1 is 1.47 bits per heavy atom. The Bertz CT molecular complexity index is 600. The van der Waals surface area contributed by atoms with Gasteiger partial charge < -0.3 is 11.1 Å². The van der Waals surface area contributed by atoms with Gasteiger partial charge in [0, 0.05) is 17.2 Å². The van der Waals surface area contributed by atoms with E-state index in [0.717, 1.165) is 10.9 Å². The van der Waals surface area contributed by atoms with Gasteiger partial charge in [-0.15, -0.1) is 0 Å². The number of benzene rings is 1. The van der Waals surface area contributed by atoms with Crippen molar-refractivity contribution in [3.63, 3.8) is 0 Å². The summed E-state index contributed by atoms with van der Waals surface area (Å²) in [4.78, 5) is 16.5. The second kappa shape index (κ2) is 5.93. The molecule has 0 spiro atoms. The molecule has 0 fully saturated rings. The van der Waals surface area contributed by atoms with Crippen molar-refractivity contribution in [2.75, 3.05) is 18.5 Å². The van der Waals surface area contributed by atoms with Crippen molar-refractivity contribution in [3.05, 3.63) is 35.9 Å². The molecule has 3 N–H and O–H groups in total. The number of para-hydroxylation sites is 1. The Balaban J connectivity index is 2.31. The lowest BCUT2D eigenvalue weighted by molar-refractivity contribution is 0.0956. The number of hydrogen-bond acceptors (Lipinski definition) is 4. The molecule has 1 heterocycles. The van der Waals surface area contributed by atoms with E-state index in [9.17, 15) is 4.79 Å². The van der Waals surface area contributed by atoms with Crippen LogP contribution in [0.25, 0.3) is 10.9 Å². The highest BCUT2D eigenvalue weighted by molar-refractivity contribution is 7.99. The molecule has 1 amide bonds. The second-order valence-corrected chi connectivity index (χ2v) is 5.64. The van der Waals surface area contributed by atoms with Crippen LogP contribution < -0.4 is 11.1 Å².